The van der Waals surface area contributed by atoms with Crippen LogP contribution in [0.25, 0.3) is 0 Å². The summed E-state index contributed by atoms with van der Waals surface area (Å²) in [5.41, 5.74) is 0.282. The number of esters is 1. The van der Waals surface area contributed by atoms with Gasteiger partial charge in [-0.05, 0) is 28.1 Å². The van der Waals surface area contributed by atoms with Crippen LogP contribution in [0, 0.1) is 0 Å². The molecule has 0 amide bonds. The van der Waals surface area contributed by atoms with Crippen molar-refractivity contribution in [3.63, 3.8) is 0 Å². The Labute approximate surface area is 113 Å². The van der Waals surface area contributed by atoms with Crippen LogP contribution in [0.1, 0.15) is 10.4 Å². The highest BCUT2D eigenvalue weighted by Crippen LogP contribution is 2.27. The number of carbonyl (C=O) groups excluding carboxylic acids is 1. The minimum absolute atomic E-state index is 0.282. The van der Waals surface area contributed by atoms with Gasteiger partial charge >= 0.3 is 5.97 Å². The van der Waals surface area contributed by atoms with Crippen LogP contribution in [0.4, 0.5) is 0 Å². The van der Waals surface area contributed by atoms with Crippen molar-refractivity contribution in [1.82, 2.24) is 4.98 Å². The first-order valence-corrected chi connectivity index (χ1v) is 5.97. The van der Waals surface area contributed by atoms with Crippen LogP contribution in [0.2, 0.25) is 0 Å². The number of nitrogens with zero attached hydrogens (tertiary/aromatic N) is 1. The maximum Gasteiger partial charge on any atom is 0.343 e. The molecule has 2 aromatic rings. The van der Waals surface area contributed by atoms with Crippen LogP contribution in [0.3, 0.4) is 0 Å². The quantitative estimate of drug-likeness (QED) is 0.644. The molecule has 0 aliphatic carbocycles. The zero-order chi connectivity index (χ0) is 13.0. The standard InChI is InChI=1S/C13H10BrNO3/c1-17-13(16)10-8-15-12(14)7-11(10)18-9-5-3-2-4-6-9/h2-8H,1H3. The third kappa shape index (κ3) is 2.87. The fraction of sp³-hybridized carbons (Fsp3) is 0.0769. The molecule has 0 aliphatic rings. The van der Waals surface area contributed by atoms with Gasteiger partial charge in [-0.25, -0.2) is 9.78 Å². The van der Waals surface area contributed by atoms with E-state index in [0.29, 0.717) is 16.1 Å². The molecule has 0 spiro atoms. The maximum atomic E-state index is 11.6. The second-order valence-electron chi connectivity index (χ2n) is 3.41. The highest BCUT2D eigenvalue weighted by atomic mass is 79.9. The first kappa shape index (κ1) is 12.6. The number of halogens is 1. The summed E-state index contributed by atoms with van der Waals surface area (Å²) < 4.78 is 10.9. The number of ether oxygens (including phenoxy) is 2. The van der Waals surface area contributed by atoms with Gasteiger partial charge in [0.05, 0.1) is 7.11 Å². The molecule has 0 fully saturated rings. The molecule has 18 heavy (non-hydrogen) atoms. The Hall–Kier alpha value is -1.88. The minimum Gasteiger partial charge on any atom is -0.465 e. The molecule has 0 aliphatic heterocycles. The first-order chi connectivity index (χ1) is 8.70. The van der Waals surface area contributed by atoms with Crippen molar-refractivity contribution in [2.45, 2.75) is 0 Å². The molecule has 1 aromatic heterocycles. The second-order valence-corrected chi connectivity index (χ2v) is 4.22. The van der Waals surface area contributed by atoms with E-state index in [0.717, 1.165) is 0 Å². The zero-order valence-electron chi connectivity index (χ0n) is 9.59. The number of hydrogen-bond donors (Lipinski definition) is 0. The van der Waals surface area contributed by atoms with Gasteiger partial charge in [-0.2, -0.15) is 0 Å². The van der Waals surface area contributed by atoms with Gasteiger partial charge in [0.1, 0.15) is 21.7 Å². The van der Waals surface area contributed by atoms with Gasteiger partial charge in [-0.1, -0.05) is 18.2 Å². The molecular weight excluding hydrogens is 298 g/mol. The summed E-state index contributed by atoms with van der Waals surface area (Å²) in [7, 11) is 1.32. The number of pyridine rings is 1. The summed E-state index contributed by atoms with van der Waals surface area (Å²) in [4.78, 5) is 15.6. The Kier molecular flexibility index (Phi) is 3.94. The molecule has 0 radical (unpaired) electrons. The summed E-state index contributed by atoms with van der Waals surface area (Å²) in [6.45, 7) is 0. The van der Waals surface area contributed by atoms with E-state index in [1.807, 2.05) is 18.2 Å². The lowest BCUT2D eigenvalue weighted by Crippen LogP contribution is -2.04. The summed E-state index contributed by atoms with van der Waals surface area (Å²) in [6, 6.07) is 10.8. The average molecular weight is 308 g/mol. The van der Waals surface area contributed by atoms with Crippen molar-refractivity contribution < 1.29 is 14.3 Å². The SMILES string of the molecule is COC(=O)c1cnc(Br)cc1Oc1ccccc1. The van der Waals surface area contributed by atoms with Crippen molar-refractivity contribution in [3.8, 4) is 11.5 Å². The Morgan fingerprint density at radius 2 is 2.00 bits per heavy atom. The summed E-state index contributed by atoms with van der Waals surface area (Å²) in [5.74, 6) is 0.552. The Bertz CT molecular complexity index is 557. The van der Waals surface area contributed by atoms with E-state index < -0.39 is 5.97 Å². The lowest BCUT2D eigenvalue weighted by atomic mass is 10.2. The molecule has 0 atom stereocenters. The molecule has 0 saturated heterocycles. The van der Waals surface area contributed by atoms with Crippen LogP contribution < -0.4 is 4.74 Å². The van der Waals surface area contributed by atoms with Gasteiger partial charge < -0.3 is 9.47 Å². The number of methoxy groups -OCH3 is 1. The van der Waals surface area contributed by atoms with Crippen molar-refractivity contribution in [2.24, 2.45) is 0 Å². The molecule has 92 valence electrons. The molecule has 5 heteroatoms. The van der Waals surface area contributed by atoms with Crippen LogP contribution in [-0.4, -0.2) is 18.1 Å². The Balaban J connectivity index is 2.36. The van der Waals surface area contributed by atoms with Gasteiger partial charge in [0.2, 0.25) is 0 Å². The zero-order valence-corrected chi connectivity index (χ0v) is 11.2. The molecule has 0 N–H and O–H groups in total. The Morgan fingerprint density at radius 3 is 2.67 bits per heavy atom. The lowest BCUT2D eigenvalue weighted by Gasteiger charge is -2.09. The van der Waals surface area contributed by atoms with Crippen LogP contribution in [-0.2, 0) is 4.74 Å². The predicted molar refractivity (Wildman–Crippen MR) is 69.8 cm³/mol. The van der Waals surface area contributed by atoms with Crippen molar-refractivity contribution in [1.29, 1.82) is 0 Å². The third-order valence-corrected chi connectivity index (χ3v) is 2.64. The Morgan fingerprint density at radius 1 is 1.28 bits per heavy atom. The number of rotatable bonds is 3. The van der Waals surface area contributed by atoms with E-state index in [1.165, 1.54) is 13.3 Å². The predicted octanol–water partition coefficient (Wildman–Crippen LogP) is 3.42. The van der Waals surface area contributed by atoms with Gasteiger partial charge in [0.15, 0.2) is 0 Å². The van der Waals surface area contributed by atoms with E-state index in [1.54, 1.807) is 18.2 Å². The monoisotopic (exact) mass is 307 g/mol. The number of hydrogen-bond acceptors (Lipinski definition) is 4. The second kappa shape index (κ2) is 5.64. The van der Waals surface area contributed by atoms with E-state index in [2.05, 4.69) is 25.7 Å². The molecule has 1 heterocycles. The number of para-hydroxylation sites is 1. The third-order valence-electron chi connectivity index (χ3n) is 2.21. The smallest absolute Gasteiger partial charge is 0.343 e. The van der Waals surface area contributed by atoms with Crippen molar-refractivity contribution >= 4 is 21.9 Å². The number of aromatic nitrogens is 1. The highest BCUT2D eigenvalue weighted by Gasteiger charge is 2.15. The summed E-state index contributed by atoms with van der Waals surface area (Å²) in [6.07, 6.45) is 1.41. The highest BCUT2D eigenvalue weighted by molar-refractivity contribution is 9.10. The topological polar surface area (TPSA) is 48.4 Å². The molecular formula is C13H10BrNO3. The molecule has 4 nitrogen and oxygen atoms in total. The van der Waals surface area contributed by atoms with E-state index in [4.69, 9.17) is 4.74 Å². The summed E-state index contributed by atoms with van der Waals surface area (Å²) in [5, 5.41) is 0. The first-order valence-electron chi connectivity index (χ1n) is 5.17. The van der Waals surface area contributed by atoms with E-state index in [9.17, 15) is 4.79 Å². The van der Waals surface area contributed by atoms with E-state index >= 15 is 0 Å². The van der Waals surface area contributed by atoms with Gasteiger partial charge in [-0.3, -0.25) is 0 Å². The van der Waals surface area contributed by atoms with Gasteiger partial charge in [-0.15, -0.1) is 0 Å². The molecule has 1 aromatic carbocycles. The molecule has 0 saturated carbocycles. The summed E-state index contributed by atoms with van der Waals surface area (Å²) >= 11 is 3.24. The minimum atomic E-state index is -0.485. The number of benzene rings is 1. The largest absolute Gasteiger partial charge is 0.465 e. The van der Waals surface area contributed by atoms with Crippen molar-refractivity contribution in [3.05, 3.63) is 52.8 Å². The van der Waals surface area contributed by atoms with Crippen LogP contribution >= 0.6 is 15.9 Å². The fourth-order valence-electron chi connectivity index (χ4n) is 1.38. The molecule has 0 bridgehead atoms. The maximum absolute atomic E-state index is 11.6. The number of carbonyl (C=O) groups is 1. The molecule has 2 rings (SSSR count). The van der Waals surface area contributed by atoms with Gasteiger partial charge in [0, 0.05) is 12.3 Å². The normalized spacial score (nSPS) is 9.89. The van der Waals surface area contributed by atoms with E-state index in [-0.39, 0.29) is 5.56 Å². The molecule has 0 unspecified atom stereocenters. The lowest BCUT2D eigenvalue weighted by molar-refractivity contribution is 0.0597. The van der Waals surface area contributed by atoms with Gasteiger partial charge in [0.25, 0.3) is 0 Å². The average Bonchev–Trinajstić information content (AvgIpc) is 2.39. The van der Waals surface area contributed by atoms with Crippen molar-refractivity contribution in [2.75, 3.05) is 7.11 Å². The van der Waals surface area contributed by atoms with Crippen LogP contribution in [0.15, 0.2) is 47.2 Å². The fourth-order valence-corrected chi connectivity index (χ4v) is 1.69. The van der Waals surface area contributed by atoms with Crippen LogP contribution in [0.5, 0.6) is 11.5 Å².